The van der Waals surface area contributed by atoms with Crippen molar-refractivity contribution in [3.63, 3.8) is 0 Å². The second-order valence-electron chi connectivity index (χ2n) is 10.00. The van der Waals surface area contributed by atoms with Crippen LogP contribution in [0.3, 0.4) is 0 Å². The van der Waals surface area contributed by atoms with Crippen molar-refractivity contribution in [2.45, 2.75) is 38.7 Å². The average Bonchev–Trinajstić information content (AvgIpc) is 3.48. The first-order chi connectivity index (χ1) is 19.2. The monoisotopic (exact) mass is 572 g/mol. The highest BCUT2D eigenvalue weighted by molar-refractivity contribution is 5.85. The van der Waals surface area contributed by atoms with Crippen molar-refractivity contribution in [1.82, 2.24) is 25.1 Å². The summed E-state index contributed by atoms with van der Waals surface area (Å²) < 4.78 is 24.2. The molecule has 1 unspecified atom stereocenters. The van der Waals surface area contributed by atoms with Crippen LogP contribution in [0.2, 0.25) is 0 Å². The quantitative estimate of drug-likeness (QED) is 0.472. The molecular formula is C29H41ClN6O4. The van der Waals surface area contributed by atoms with Gasteiger partial charge in [-0.15, -0.1) is 12.4 Å². The Labute approximate surface area is 242 Å². The summed E-state index contributed by atoms with van der Waals surface area (Å²) in [6, 6.07) is 12.7. The molecule has 3 aliphatic rings. The second-order valence-corrected chi connectivity index (χ2v) is 10.00. The number of hydrogen-bond donors (Lipinski definition) is 1. The largest absolute Gasteiger partial charge is 0.461 e. The molecule has 0 saturated carbocycles. The molecule has 5 heterocycles. The highest BCUT2D eigenvalue weighted by Gasteiger charge is 2.19. The molecule has 3 aliphatic heterocycles. The van der Waals surface area contributed by atoms with Crippen LogP contribution in [0.5, 0.6) is 6.01 Å². The van der Waals surface area contributed by atoms with E-state index in [4.69, 9.17) is 29.0 Å². The van der Waals surface area contributed by atoms with Gasteiger partial charge < -0.3 is 29.2 Å². The fourth-order valence-corrected chi connectivity index (χ4v) is 4.74. The van der Waals surface area contributed by atoms with Crippen LogP contribution in [0, 0.1) is 6.92 Å². The summed E-state index contributed by atoms with van der Waals surface area (Å²) in [6.07, 6.45) is 6.25. The Morgan fingerprint density at radius 2 is 1.80 bits per heavy atom. The summed E-state index contributed by atoms with van der Waals surface area (Å²) in [5, 5.41) is 8.00. The van der Waals surface area contributed by atoms with Crippen LogP contribution in [0.15, 0.2) is 42.6 Å². The third-order valence-electron chi connectivity index (χ3n) is 6.85. The topological polar surface area (TPSA) is 95.8 Å². The standard InChI is InChI=1S/C24H29N5O3.C5H11NO.ClH/c1-18-5-2-6-19(15-18)21-8-10-29(27-21)23-16-22(28-9-4-12-30-14-11-28)25-24(26-23)32-17-20-7-3-13-31-20;1-2-6-3-5-7-4-1;/h2,5-6,8,10,15-16,20H,3-4,7,9,11-14,17H2,1H3;6H,1-5H2;1H. The molecule has 40 heavy (non-hydrogen) atoms. The maximum atomic E-state index is 5.98. The predicted octanol–water partition coefficient (Wildman–Crippen LogP) is 3.84. The molecule has 2 aromatic heterocycles. The maximum Gasteiger partial charge on any atom is 0.320 e. The fourth-order valence-electron chi connectivity index (χ4n) is 4.74. The van der Waals surface area contributed by atoms with Crippen LogP contribution in [-0.2, 0) is 14.2 Å². The van der Waals surface area contributed by atoms with Crippen molar-refractivity contribution in [3.8, 4) is 23.1 Å². The minimum Gasteiger partial charge on any atom is -0.461 e. The SMILES string of the molecule is C1CNCCOC1.Cc1cccc(-c2ccn(-c3cc(N4CCCOCC4)nc(OCC4CCCO4)n3)n2)c1.Cl. The summed E-state index contributed by atoms with van der Waals surface area (Å²) in [4.78, 5) is 11.6. The molecule has 1 N–H and O–H groups in total. The van der Waals surface area contributed by atoms with Gasteiger partial charge >= 0.3 is 6.01 Å². The molecule has 10 nitrogen and oxygen atoms in total. The predicted molar refractivity (Wildman–Crippen MR) is 157 cm³/mol. The number of aryl methyl sites for hydroxylation is 1. The van der Waals surface area contributed by atoms with Gasteiger partial charge in [-0.2, -0.15) is 15.1 Å². The Morgan fingerprint density at radius 3 is 2.67 bits per heavy atom. The number of benzene rings is 1. The van der Waals surface area contributed by atoms with Gasteiger partial charge in [-0.05, 0) is 51.3 Å². The molecule has 218 valence electrons. The molecule has 1 aromatic carbocycles. The van der Waals surface area contributed by atoms with Crippen LogP contribution in [-0.4, -0.2) is 91.7 Å². The van der Waals surface area contributed by atoms with Crippen molar-refractivity contribution >= 4 is 18.2 Å². The summed E-state index contributed by atoms with van der Waals surface area (Å²) >= 11 is 0. The van der Waals surface area contributed by atoms with E-state index in [1.807, 2.05) is 24.4 Å². The van der Waals surface area contributed by atoms with Gasteiger partial charge in [0.25, 0.3) is 0 Å². The molecule has 0 aliphatic carbocycles. The molecule has 3 aromatic rings. The van der Waals surface area contributed by atoms with Crippen LogP contribution in [0.25, 0.3) is 17.1 Å². The number of nitrogens with one attached hydrogen (secondary N) is 1. The number of halogens is 1. The van der Waals surface area contributed by atoms with Gasteiger partial charge in [0.1, 0.15) is 12.4 Å². The van der Waals surface area contributed by atoms with E-state index < -0.39 is 0 Å². The van der Waals surface area contributed by atoms with Gasteiger partial charge in [-0.25, -0.2) is 4.68 Å². The molecule has 3 saturated heterocycles. The van der Waals surface area contributed by atoms with Crippen LogP contribution < -0.4 is 15.0 Å². The number of anilines is 1. The Bertz CT molecular complexity index is 1150. The molecular weight excluding hydrogens is 532 g/mol. The van der Waals surface area contributed by atoms with Crippen molar-refractivity contribution in [2.24, 2.45) is 0 Å². The summed E-state index contributed by atoms with van der Waals surface area (Å²) in [5.74, 6) is 1.51. The van der Waals surface area contributed by atoms with Gasteiger partial charge in [0, 0.05) is 57.3 Å². The van der Waals surface area contributed by atoms with E-state index in [-0.39, 0.29) is 18.5 Å². The number of ether oxygens (including phenoxy) is 4. The number of rotatable bonds is 6. The number of hydrogen-bond acceptors (Lipinski definition) is 9. The zero-order chi connectivity index (χ0) is 26.7. The van der Waals surface area contributed by atoms with Crippen molar-refractivity contribution in [3.05, 3.63) is 48.2 Å². The second kappa shape index (κ2) is 15.9. The van der Waals surface area contributed by atoms with E-state index >= 15 is 0 Å². The lowest BCUT2D eigenvalue weighted by molar-refractivity contribution is 0.0645. The Kier molecular flexibility index (Phi) is 12.0. The molecule has 11 heteroatoms. The highest BCUT2D eigenvalue weighted by Crippen LogP contribution is 2.23. The summed E-state index contributed by atoms with van der Waals surface area (Å²) in [7, 11) is 0. The van der Waals surface area contributed by atoms with Crippen molar-refractivity contribution in [2.75, 3.05) is 70.7 Å². The maximum absolute atomic E-state index is 5.98. The van der Waals surface area contributed by atoms with Crippen LogP contribution in [0.4, 0.5) is 5.82 Å². The van der Waals surface area contributed by atoms with Crippen molar-refractivity contribution < 1.29 is 18.9 Å². The van der Waals surface area contributed by atoms with Gasteiger partial charge in [0.05, 0.1) is 25.0 Å². The third kappa shape index (κ3) is 8.87. The highest BCUT2D eigenvalue weighted by atomic mass is 35.5. The van der Waals surface area contributed by atoms with E-state index in [0.29, 0.717) is 25.0 Å². The normalized spacial score (nSPS) is 19.5. The van der Waals surface area contributed by atoms with E-state index in [1.54, 1.807) is 4.68 Å². The lowest BCUT2D eigenvalue weighted by atomic mass is 10.1. The Balaban J connectivity index is 0.000000405. The first-order valence-electron chi connectivity index (χ1n) is 14.1. The lowest BCUT2D eigenvalue weighted by Crippen LogP contribution is -2.27. The molecule has 0 amide bonds. The van der Waals surface area contributed by atoms with Crippen molar-refractivity contribution in [1.29, 1.82) is 0 Å². The lowest BCUT2D eigenvalue weighted by Gasteiger charge is -2.22. The first-order valence-corrected chi connectivity index (χ1v) is 14.1. The Morgan fingerprint density at radius 1 is 0.925 bits per heavy atom. The molecule has 0 radical (unpaired) electrons. The fraction of sp³-hybridized carbons (Fsp3) is 0.552. The van der Waals surface area contributed by atoms with Crippen LogP contribution >= 0.6 is 12.4 Å². The molecule has 0 bridgehead atoms. The van der Waals surface area contributed by atoms with E-state index in [2.05, 4.69) is 40.3 Å². The zero-order valence-electron chi connectivity index (χ0n) is 23.3. The molecule has 1 atom stereocenters. The van der Waals surface area contributed by atoms with E-state index in [0.717, 1.165) is 88.9 Å². The van der Waals surface area contributed by atoms with Gasteiger partial charge in [0.15, 0.2) is 5.82 Å². The minimum absolute atomic E-state index is 0. The Hall–Kier alpha value is -2.76. The van der Waals surface area contributed by atoms with E-state index in [9.17, 15) is 0 Å². The van der Waals surface area contributed by atoms with Gasteiger partial charge in [-0.3, -0.25) is 0 Å². The molecule has 6 rings (SSSR count). The van der Waals surface area contributed by atoms with E-state index in [1.165, 1.54) is 12.0 Å². The van der Waals surface area contributed by atoms with Gasteiger partial charge in [-0.1, -0.05) is 23.8 Å². The number of nitrogens with zero attached hydrogens (tertiary/aromatic N) is 5. The number of aromatic nitrogens is 4. The molecule has 0 spiro atoms. The summed E-state index contributed by atoms with van der Waals surface area (Å²) in [6.45, 7) is 10.4. The smallest absolute Gasteiger partial charge is 0.320 e. The molecule has 3 fully saturated rings. The zero-order valence-corrected chi connectivity index (χ0v) is 24.1. The first kappa shape index (κ1) is 30.2. The average molecular weight is 573 g/mol. The van der Waals surface area contributed by atoms with Crippen LogP contribution in [0.1, 0.15) is 31.2 Å². The minimum atomic E-state index is 0. The summed E-state index contributed by atoms with van der Waals surface area (Å²) in [5.41, 5.74) is 3.19. The third-order valence-corrected chi connectivity index (χ3v) is 6.85. The van der Waals surface area contributed by atoms with Gasteiger partial charge in [0.2, 0.25) is 0 Å².